The molecule has 1 N–H and O–H groups in total. The maximum atomic E-state index is 12.7. The summed E-state index contributed by atoms with van der Waals surface area (Å²) in [6.07, 6.45) is 5.96. The fourth-order valence-electron chi connectivity index (χ4n) is 2.70. The van der Waals surface area contributed by atoms with Crippen LogP contribution >= 0.6 is 0 Å². The third-order valence-corrected chi connectivity index (χ3v) is 4.19. The molecule has 0 aliphatic rings. The molecular formula is C22H25N5O2. The molecular weight excluding hydrogens is 366 g/mol. The number of hydrogen-bond donors (Lipinski definition) is 1. The number of nitrogens with one attached hydrogen (secondary N) is 1. The van der Waals surface area contributed by atoms with Crippen LogP contribution in [-0.2, 0) is 6.42 Å². The minimum absolute atomic E-state index is 0.121. The molecule has 0 bridgehead atoms. The van der Waals surface area contributed by atoms with Gasteiger partial charge in [-0.3, -0.25) is 9.78 Å². The van der Waals surface area contributed by atoms with Gasteiger partial charge in [-0.15, -0.1) is 0 Å². The van der Waals surface area contributed by atoms with E-state index < -0.39 is 0 Å². The SMILES string of the molecule is CC(C)Oc1ccc(Nc2nccc(C(=O)N(C)CCc3ccncc3)n2)cc1. The molecule has 0 saturated heterocycles. The predicted octanol–water partition coefficient (Wildman–Crippen LogP) is 3.72. The van der Waals surface area contributed by atoms with E-state index in [1.54, 1.807) is 36.6 Å². The summed E-state index contributed by atoms with van der Waals surface area (Å²) in [6.45, 7) is 4.56. The summed E-state index contributed by atoms with van der Waals surface area (Å²) in [7, 11) is 1.77. The average molecular weight is 391 g/mol. The van der Waals surface area contributed by atoms with Crippen LogP contribution in [0.4, 0.5) is 11.6 Å². The molecule has 0 fully saturated rings. The van der Waals surface area contributed by atoms with Gasteiger partial charge in [-0.1, -0.05) is 0 Å². The van der Waals surface area contributed by atoms with Crippen molar-refractivity contribution < 1.29 is 9.53 Å². The highest BCUT2D eigenvalue weighted by molar-refractivity contribution is 5.92. The summed E-state index contributed by atoms with van der Waals surface area (Å²) in [5.41, 5.74) is 2.30. The number of carbonyl (C=O) groups is 1. The molecule has 2 aromatic heterocycles. The monoisotopic (exact) mass is 391 g/mol. The second kappa shape index (κ2) is 9.64. The molecule has 0 radical (unpaired) electrons. The number of benzene rings is 1. The minimum Gasteiger partial charge on any atom is -0.491 e. The van der Waals surface area contributed by atoms with Crippen LogP contribution in [0.15, 0.2) is 61.1 Å². The van der Waals surface area contributed by atoms with Crippen LogP contribution in [-0.4, -0.2) is 45.5 Å². The number of amides is 1. The fraction of sp³-hybridized carbons (Fsp3) is 0.273. The van der Waals surface area contributed by atoms with Gasteiger partial charge in [0.25, 0.3) is 5.91 Å². The van der Waals surface area contributed by atoms with Crippen molar-refractivity contribution in [3.05, 3.63) is 72.3 Å². The van der Waals surface area contributed by atoms with Gasteiger partial charge in [-0.05, 0) is 68.3 Å². The van der Waals surface area contributed by atoms with Gasteiger partial charge in [0, 0.05) is 37.9 Å². The Bertz CT molecular complexity index is 929. The highest BCUT2D eigenvalue weighted by Gasteiger charge is 2.14. The third kappa shape index (κ3) is 6.00. The summed E-state index contributed by atoms with van der Waals surface area (Å²) in [5.74, 6) is 1.02. The first-order valence-corrected chi connectivity index (χ1v) is 9.52. The van der Waals surface area contributed by atoms with E-state index in [9.17, 15) is 4.79 Å². The Morgan fingerprint density at radius 3 is 2.48 bits per heavy atom. The van der Waals surface area contributed by atoms with Gasteiger partial charge in [0.15, 0.2) is 0 Å². The van der Waals surface area contributed by atoms with Crippen LogP contribution in [0.5, 0.6) is 5.75 Å². The van der Waals surface area contributed by atoms with Crippen LogP contribution in [0.25, 0.3) is 0 Å². The second-order valence-corrected chi connectivity index (χ2v) is 6.91. The topological polar surface area (TPSA) is 80.2 Å². The minimum atomic E-state index is -0.148. The number of pyridine rings is 1. The Morgan fingerprint density at radius 2 is 1.79 bits per heavy atom. The summed E-state index contributed by atoms with van der Waals surface area (Å²) in [6, 6.07) is 13.0. The molecule has 29 heavy (non-hydrogen) atoms. The summed E-state index contributed by atoms with van der Waals surface area (Å²) in [5, 5.41) is 3.12. The average Bonchev–Trinajstić information content (AvgIpc) is 2.73. The smallest absolute Gasteiger partial charge is 0.272 e. The van der Waals surface area contributed by atoms with Crippen molar-refractivity contribution in [2.24, 2.45) is 0 Å². The highest BCUT2D eigenvalue weighted by Crippen LogP contribution is 2.19. The highest BCUT2D eigenvalue weighted by atomic mass is 16.5. The fourth-order valence-corrected chi connectivity index (χ4v) is 2.70. The Kier molecular flexibility index (Phi) is 6.73. The summed E-state index contributed by atoms with van der Waals surface area (Å²) >= 11 is 0. The van der Waals surface area contributed by atoms with E-state index >= 15 is 0 Å². The van der Waals surface area contributed by atoms with Gasteiger partial charge >= 0.3 is 0 Å². The number of ether oxygens (including phenoxy) is 1. The molecule has 7 heteroatoms. The first-order chi connectivity index (χ1) is 14.0. The van der Waals surface area contributed by atoms with Crippen molar-refractivity contribution in [1.29, 1.82) is 0 Å². The Morgan fingerprint density at radius 1 is 1.07 bits per heavy atom. The van der Waals surface area contributed by atoms with E-state index in [0.29, 0.717) is 18.2 Å². The zero-order valence-electron chi connectivity index (χ0n) is 16.9. The van der Waals surface area contributed by atoms with Crippen molar-refractivity contribution >= 4 is 17.5 Å². The van der Waals surface area contributed by atoms with E-state index in [1.165, 1.54) is 0 Å². The first-order valence-electron chi connectivity index (χ1n) is 9.52. The van der Waals surface area contributed by atoms with Crippen molar-refractivity contribution in [2.75, 3.05) is 18.9 Å². The molecule has 3 rings (SSSR count). The maximum absolute atomic E-state index is 12.7. The van der Waals surface area contributed by atoms with Gasteiger partial charge in [0.2, 0.25) is 5.95 Å². The Hall–Kier alpha value is -3.48. The predicted molar refractivity (Wildman–Crippen MR) is 112 cm³/mol. The standard InChI is InChI=1S/C22H25N5O2/c1-16(2)29-19-6-4-18(5-7-19)25-22-24-14-10-20(26-22)21(28)27(3)15-11-17-8-12-23-13-9-17/h4-10,12-14,16H,11,15H2,1-3H3,(H,24,25,26). The van der Waals surface area contributed by atoms with Gasteiger partial charge in [-0.2, -0.15) is 0 Å². The quantitative estimate of drug-likeness (QED) is 0.630. The van der Waals surface area contributed by atoms with Gasteiger partial charge in [0.05, 0.1) is 6.10 Å². The lowest BCUT2D eigenvalue weighted by molar-refractivity contribution is 0.0791. The van der Waals surface area contributed by atoms with Crippen molar-refractivity contribution in [3.63, 3.8) is 0 Å². The Balaban J connectivity index is 1.61. The number of hydrogen-bond acceptors (Lipinski definition) is 6. The largest absolute Gasteiger partial charge is 0.491 e. The van der Waals surface area contributed by atoms with Crippen LogP contribution in [0.2, 0.25) is 0 Å². The molecule has 0 spiro atoms. The van der Waals surface area contributed by atoms with Crippen molar-refractivity contribution in [2.45, 2.75) is 26.4 Å². The number of rotatable bonds is 8. The molecule has 0 saturated carbocycles. The third-order valence-electron chi connectivity index (χ3n) is 4.19. The zero-order valence-corrected chi connectivity index (χ0v) is 16.9. The number of likely N-dealkylation sites (N-methyl/N-ethyl adjacent to an activating group) is 1. The van der Waals surface area contributed by atoms with Gasteiger partial charge in [-0.25, -0.2) is 9.97 Å². The van der Waals surface area contributed by atoms with E-state index in [0.717, 1.165) is 23.4 Å². The van der Waals surface area contributed by atoms with Gasteiger partial charge < -0.3 is 15.0 Å². The number of anilines is 2. The van der Waals surface area contributed by atoms with E-state index in [2.05, 4.69) is 20.3 Å². The molecule has 0 aliphatic carbocycles. The van der Waals surface area contributed by atoms with Crippen molar-refractivity contribution in [3.8, 4) is 5.75 Å². The van der Waals surface area contributed by atoms with Crippen LogP contribution in [0.1, 0.15) is 29.9 Å². The number of aromatic nitrogens is 3. The van der Waals surface area contributed by atoms with Crippen LogP contribution < -0.4 is 10.1 Å². The molecule has 0 atom stereocenters. The van der Waals surface area contributed by atoms with E-state index in [1.807, 2.05) is 50.2 Å². The zero-order chi connectivity index (χ0) is 20.6. The second-order valence-electron chi connectivity index (χ2n) is 6.91. The molecule has 0 aliphatic heterocycles. The molecule has 7 nitrogen and oxygen atoms in total. The van der Waals surface area contributed by atoms with E-state index in [4.69, 9.17) is 4.74 Å². The number of nitrogens with zero attached hydrogens (tertiary/aromatic N) is 4. The lowest BCUT2D eigenvalue weighted by Crippen LogP contribution is -2.29. The van der Waals surface area contributed by atoms with E-state index in [-0.39, 0.29) is 12.0 Å². The molecule has 0 unspecified atom stereocenters. The lowest BCUT2D eigenvalue weighted by Gasteiger charge is -2.17. The Labute approximate surface area is 170 Å². The van der Waals surface area contributed by atoms with Gasteiger partial charge in [0.1, 0.15) is 11.4 Å². The normalized spacial score (nSPS) is 10.6. The summed E-state index contributed by atoms with van der Waals surface area (Å²) < 4.78 is 5.64. The lowest BCUT2D eigenvalue weighted by atomic mass is 10.2. The van der Waals surface area contributed by atoms with Crippen molar-refractivity contribution in [1.82, 2.24) is 19.9 Å². The molecule has 150 valence electrons. The van der Waals surface area contributed by atoms with Crippen LogP contribution in [0, 0.1) is 0 Å². The molecule has 1 amide bonds. The first kappa shape index (κ1) is 20.3. The van der Waals surface area contributed by atoms with Crippen LogP contribution in [0.3, 0.4) is 0 Å². The number of carbonyl (C=O) groups excluding carboxylic acids is 1. The molecule has 1 aromatic carbocycles. The molecule has 2 heterocycles. The molecule has 3 aromatic rings. The summed E-state index contributed by atoms with van der Waals surface area (Å²) in [4.78, 5) is 26.9. The maximum Gasteiger partial charge on any atom is 0.272 e.